The van der Waals surface area contributed by atoms with Gasteiger partial charge < -0.3 is 9.80 Å². The Bertz CT molecular complexity index is 1840. The molecule has 0 aromatic heterocycles. The van der Waals surface area contributed by atoms with Crippen molar-refractivity contribution < 1.29 is 15.1 Å². The number of nitrogens with zero attached hydrogens (tertiary/aromatic N) is 2. The summed E-state index contributed by atoms with van der Waals surface area (Å²) in [6.07, 6.45) is 22.2. The Labute approximate surface area is 356 Å². The molecule has 3 aliphatic carbocycles. The van der Waals surface area contributed by atoms with E-state index in [0.29, 0.717) is 0 Å². The molecule has 1 atom stereocenters. The minimum atomic E-state index is -0.385. The molecule has 56 heavy (non-hydrogen) atoms. The van der Waals surface area contributed by atoms with E-state index < -0.39 is 0 Å². The molecule has 4 aromatic rings. The molecular weight excluding hydrogens is 832 g/mol. The average Bonchev–Trinajstić information content (AvgIpc) is 3.51. The van der Waals surface area contributed by atoms with E-state index in [1.165, 1.54) is 152 Å². The van der Waals surface area contributed by atoms with Crippen LogP contribution in [0.5, 0.6) is 0 Å². The Morgan fingerprint density at radius 3 is 1.46 bits per heavy atom. The Morgan fingerprint density at radius 1 is 0.589 bits per heavy atom. The first-order valence-corrected chi connectivity index (χ1v) is 27.4. The first-order valence-electron chi connectivity index (χ1n) is 21.4. The van der Waals surface area contributed by atoms with Gasteiger partial charge in [-0.25, -0.2) is 0 Å². The minimum absolute atomic E-state index is 0.0278. The van der Waals surface area contributed by atoms with E-state index in [1.54, 1.807) is 5.57 Å². The third kappa shape index (κ3) is 8.33. The van der Waals surface area contributed by atoms with Crippen LogP contribution in [0.15, 0.2) is 84.4 Å². The molecule has 0 amide bonds. The van der Waals surface area contributed by atoms with Gasteiger partial charge in [0.15, 0.2) is 0 Å². The van der Waals surface area contributed by atoms with Gasteiger partial charge in [0.1, 0.15) is 6.17 Å². The summed E-state index contributed by atoms with van der Waals surface area (Å²) in [5.74, 6) is 0. The van der Waals surface area contributed by atoms with E-state index >= 15 is 0 Å². The summed E-state index contributed by atoms with van der Waals surface area (Å²) < 4.78 is 0. The quantitative estimate of drug-likeness (QED) is 0.135. The van der Waals surface area contributed by atoms with Crippen LogP contribution in [0.2, 0.25) is 0 Å². The van der Waals surface area contributed by atoms with Gasteiger partial charge in [-0.05, 0) is 138 Å². The SMILES string of the molecule is Cc1cc(C)c(N2c3ccccc3N(c3c(C)cc(C)cc3C)C2C2(P(C3CCCCC3)C3CCCCC3)CCCCC2=Cc2ccccc2)c(C)c1.[Cl][Ru][Cl]. The zero-order valence-electron chi connectivity index (χ0n) is 34.7. The summed E-state index contributed by atoms with van der Waals surface area (Å²) >= 11 is -0.346. The number of hydrogen-bond acceptors (Lipinski definition) is 2. The number of fused-ring (bicyclic) bond motifs is 1. The molecule has 0 N–H and O–H groups in total. The zero-order chi connectivity index (χ0) is 39.4. The van der Waals surface area contributed by atoms with Crippen molar-refractivity contribution in [1.29, 1.82) is 0 Å². The molecule has 1 unspecified atom stereocenters. The van der Waals surface area contributed by atoms with E-state index in [9.17, 15) is 0 Å². The van der Waals surface area contributed by atoms with Crippen molar-refractivity contribution in [1.82, 2.24) is 0 Å². The van der Waals surface area contributed by atoms with Crippen LogP contribution in [-0.4, -0.2) is 22.6 Å². The standard InChI is InChI=1S/C50H63N2P.2ClH.Ru/c1-35-30-37(3)47(38(4)31-35)51-45-27-16-17-28-46(45)52(48-39(5)32-36(2)33-40(48)6)49(51)50(29-19-18-22-42(50)34-41-20-10-7-11-21-41)53(43-23-12-8-13-24-43)44-25-14-9-15-26-44;;;/h7,10-11,16-17,20-21,27-28,30-34,43-44,49H,8-9,12-15,18-19,22-26,29H2,1-6H3;2*1H;/q;;;+2/p-2. The predicted octanol–water partition coefficient (Wildman–Crippen LogP) is 16.1. The number of aryl methyl sites for hydroxylation is 6. The van der Waals surface area contributed by atoms with Gasteiger partial charge in [-0.2, -0.15) is 0 Å². The summed E-state index contributed by atoms with van der Waals surface area (Å²) in [5, 5.41) is 0.0278. The number of rotatable bonds is 7. The molecule has 4 aromatic carbocycles. The first-order chi connectivity index (χ1) is 27.2. The van der Waals surface area contributed by atoms with Gasteiger partial charge >= 0.3 is 34.5 Å². The van der Waals surface area contributed by atoms with E-state index in [4.69, 9.17) is 19.4 Å². The topological polar surface area (TPSA) is 6.48 Å². The molecule has 2 nitrogen and oxygen atoms in total. The average molecular weight is 895 g/mol. The summed E-state index contributed by atoms with van der Waals surface area (Å²) in [6.45, 7) is 14.1. The number of halogens is 2. The Balaban J connectivity index is 0.00000155. The fourth-order valence-corrected chi connectivity index (χ4v) is 16.9. The molecule has 8 rings (SSSR count). The van der Waals surface area contributed by atoms with Gasteiger partial charge in [0, 0.05) is 11.4 Å². The van der Waals surface area contributed by atoms with E-state index in [-0.39, 0.29) is 34.4 Å². The van der Waals surface area contributed by atoms with Crippen LogP contribution >= 0.6 is 27.3 Å². The second-order valence-electron chi connectivity index (χ2n) is 17.4. The van der Waals surface area contributed by atoms with Crippen molar-refractivity contribution in [3.63, 3.8) is 0 Å². The van der Waals surface area contributed by atoms with Gasteiger partial charge in [-0.3, -0.25) is 0 Å². The molecule has 0 saturated heterocycles. The third-order valence-electron chi connectivity index (χ3n) is 13.4. The first kappa shape index (κ1) is 42.0. The van der Waals surface area contributed by atoms with E-state index in [0.717, 1.165) is 11.3 Å². The summed E-state index contributed by atoms with van der Waals surface area (Å²) in [5.41, 5.74) is 18.8. The molecule has 6 heteroatoms. The second-order valence-corrected chi connectivity index (χ2v) is 23.1. The van der Waals surface area contributed by atoms with Crippen molar-refractivity contribution in [2.75, 3.05) is 9.80 Å². The van der Waals surface area contributed by atoms with E-state index in [2.05, 4.69) is 136 Å². The normalized spacial score (nSPS) is 21.8. The maximum atomic E-state index is 4.85. The monoisotopic (exact) mass is 894 g/mol. The second kappa shape index (κ2) is 18.8. The van der Waals surface area contributed by atoms with Crippen molar-refractivity contribution in [3.05, 3.63) is 123 Å². The molecule has 1 aliphatic heterocycles. The molecule has 0 bridgehead atoms. The van der Waals surface area contributed by atoms with Crippen molar-refractivity contribution >= 4 is 56.1 Å². The van der Waals surface area contributed by atoms with Crippen LogP contribution in [0.1, 0.15) is 129 Å². The zero-order valence-corrected chi connectivity index (χ0v) is 38.8. The molecular formula is C50H63Cl2N2PRu. The van der Waals surface area contributed by atoms with Crippen LogP contribution < -0.4 is 9.80 Å². The van der Waals surface area contributed by atoms with Crippen LogP contribution in [-0.2, 0) is 15.1 Å². The van der Waals surface area contributed by atoms with Gasteiger partial charge in [-0.1, -0.05) is 142 Å². The number of para-hydroxylation sites is 2. The molecule has 3 saturated carbocycles. The van der Waals surface area contributed by atoms with Gasteiger partial charge in [-0.15, -0.1) is 0 Å². The fraction of sp³-hybridized carbons (Fsp3) is 0.480. The summed E-state index contributed by atoms with van der Waals surface area (Å²) in [7, 11) is 9.32. The number of benzene rings is 4. The molecule has 0 radical (unpaired) electrons. The van der Waals surface area contributed by atoms with Crippen molar-refractivity contribution in [2.24, 2.45) is 0 Å². The van der Waals surface area contributed by atoms with E-state index in [1.807, 2.05) is 0 Å². The predicted molar refractivity (Wildman–Crippen MR) is 244 cm³/mol. The maximum absolute atomic E-state index is 4.85. The Hall–Kier alpha value is -2.15. The van der Waals surface area contributed by atoms with Crippen molar-refractivity contribution in [3.8, 4) is 0 Å². The number of anilines is 4. The molecule has 300 valence electrons. The number of hydrogen-bond donors (Lipinski definition) is 0. The third-order valence-corrected chi connectivity index (χ3v) is 17.7. The fourth-order valence-electron chi connectivity index (χ4n) is 11.7. The van der Waals surface area contributed by atoms with Gasteiger partial charge in [0.25, 0.3) is 0 Å². The summed E-state index contributed by atoms with van der Waals surface area (Å²) in [4.78, 5) is 5.87. The van der Waals surface area contributed by atoms with Crippen LogP contribution in [0, 0.1) is 41.5 Å². The van der Waals surface area contributed by atoms with Crippen molar-refractivity contribution in [2.45, 2.75) is 154 Å². The Morgan fingerprint density at radius 2 is 1.02 bits per heavy atom. The van der Waals surface area contributed by atoms with Gasteiger partial charge in [0.2, 0.25) is 0 Å². The molecule has 0 spiro atoms. The molecule has 1 heterocycles. The molecule has 3 fully saturated rings. The van der Waals surface area contributed by atoms with Crippen LogP contribution in [0.3, 0.4) is 0 Å². The summed E-state index contributed by atoms with van der Waals surface area (Å²) in [6, 6.07) is 30.8. The van der Waals surface area contributed by atoms with Gasteiger partial charge in [0.05, 0.1) is 16.5 Å². The van der Waals surface area contributed by atoms with Crippen LogP contribution in [0.4, 0.5) is 22.7 Å². The Kier molecular flexibility index (Phi) is 14.1. The molecule has 4 aliphatic rings. The van der Waals surface area contributed by atoms with Crippen LogP contribution in [0.25, 0.3) is 6.08 Å².